The number of ether oxygens (including phenoxy) is 1. The summed E-state index contributed by atoms with van der Waals surface area (Å²) in [5, 5.41) is 12.1. The van der Waals surface area contributed by atoms with Gasteiger partial charge in [-0.2, -0.15) is 0 Å². The summed E-state index contributed by atoms with van der Waals surface area (Å²) >= 11 is 0. The fourth-order valence-electron chi connectivity index (χ4n) is 5.04. The molecule has 0 aromatic heterocycles. The summed E-state index contributed by atoms with van der Waals surface area (Å²) in [6.45, 7) is 5.98. The maximum Gasteiger partial charge on any atom is 0.407 e. The predicted octanol–water partition coefficient (Wildman–Crippen LogP) is 3.87. The molecule has 0 spiro atoms. The molecule has 7 heteroatoms. The second-order valence-corrected chi connectivity index (χ2v) is 9.20. The minimum atomic E-state index is -0.900. The molecular weight excluding hydrogens is 420 g/mol. The third-order valence-corrected chi connectivity index (χ3v) is 6.90. The number of carbonyl (C=O) groups excluding carboxylic acids is 2. The molecule has 1 saturated heterocycles. The summed E-state index contributed by atoms with van der Waals surface area (Å²) in [6, 6.07) is 15.0. The summed E-state index contributed by atoms with van der Waals surface area (Å²) in [5.41, 5.74) is 4.53. The van der Waals surface area contributed by atoms with E-state index in [-0.39, 0.29) is 24.3 Å². The van der Waals surface area contributed by atoms with E-state index in [0.717, 1.165) is 22.3 Å². The number of benzene rings is 2. The number of carboxylic acid groups (broad SMARTS) is 1. The molecule has 2 aromatic rings. The van der Waals surface area contributed by atoms with E-state index in [2.05, 4.69) is 29.6 Å². The Morgan fingerprint density at radius 2 is 1.64 bits per heavy atom. The van der Waals surface area contributed by atoms with E-state index < -0.39 is 30.1 Å². The molecule has 1 heterocycles. The Balaban J connectivity index is 1.42. The maximum atomic E-state index is 13.2. The van der Waals surface area contributed by atoms with Crippen LogP contribution < -0.4 is 5.32 Å². The van der Waals surface area contributed by atoms with Gasteiger partial charge in [-0.05, 0) is 41.5 Å². The SMILES string of the molecule is CC(C)[C@H](NC(=O)OCC1c2ccccc2-c2ccccc21)C(=O)N1CCC(C(=O)O)C1C. The van der Waals surface area contributed by atoms with Crippen LogP contribution in [0.5, 0.6) is 0 Å². The van der Waals surface area contributed by atoms with E-state index in [1.807, 2.05) is 38.1 Å². The normalized spacial score (nSPS) is 20.3. The highest BCUT2D eigenvalue weighted by Gasteiger charge is 2.41. The van der Waals surface area contributed by atoms with Crippen molar-refractivity contribution < 1.29 is 24.2 Å². The van der Waals surface area contributed by atoms with Gasteiger partial charge in [0.2, 0.25) is 5.91 Å². The quantitative estimate of drug-likeness (QED) is 0.697. The largest absolute Gasteiger partial charge is 0.481 e. The molecule has 174 valence electrons. The number of hydrogen-bond acceptors (Lipinski definition) is 4. The number of amides is 2. The number of hydrogen-bond donors (Lipinski definition) is 2. The Morgan fingerprint density at radius 3 is 2.15 bits per heavy atom. The zero-order chi connectivity index (χ0) is 23.7. The second kappa shape index (κ2) is 9.25. The third kappa shape index (κ3) is 4.32. The molecule has 4 rings (SSSR count). The zero-order valence-corrected chi connectivity index (χ0v) is 19.2. The van der Waals surface area contributed by atoms with Crippen LogP contribution in [-0.2, 0) is 14.3 Å². The van der Waals surface area contributed by atoms with Gasteiger partial charge in [-0.1, -0.05) is 62.4 Å². The van der Waals surface area contributed by atoms with E-state index in [4.69, 9.17) is 4.74 Å². The lowest BCUT2D eigenvalue weighted by molar-refractivity contribution is -0.143. The van der Waals surface area contributed by atoms with Gasteiger partial charge in [0.15, 0.2) is 0 Å². The molecule has 0 bridgehead atoms. The van der Waals surface area contributed by atoms with Gasteiger partial charge in [0.05, 0.1) is 5.92 Å². The number of rotatable bonds is 6. The van der Waals surface area contributed by atoms with Crippen molar-refractivity contribution in [3.63, 3.8) is 0 Å². The Labute approximate surface area is 193 Å². The first kappa shape index (κ1) is 22.8. The van der Waals surface area contributed by atoms with Gasteiger partial charge < -0.3 is 20.1 Å². The highest BCUT2D eigenvalue weighted by atomic mass is 16.5. The molecule has 0 saturated carbocycles. The van der Waals surface area contributed by atoms with Crippen LogP contribution >= 0.6 is 0 Å². The molecule has 0 radical (unpaired) electrons. The van der Waals surface area contributed by atoms with E-state index in [1.54, 1.807) is 11.8 Å². The van der Waals surface area contributed by atoms with E-state index >= 15 is 0 Å². The predicted molar refractivity (Wildman–Crippen MR) is 124 cm³/mol. The Hall–Kier alpha value is -3.35. The minimum Gasteiger partial charge on any atom is -0.481 e. The van der Waals surface area contributed by atoms with Crippen LogP contribution in [-0.4, -0.2) is 53.2 Å². The Morgan fingerprint density at radius 1 is 1.06 bits per heavy atom. The first-order chi connectivity index (χ1) is 15.8. The monoisotopic (exact) mass is 450 g/mol. The van der Waals surface area contributed by atoms with Crippen molar-refractivity contribution >= 4 is 18.0 Å². The van der Waals surface area contributed by atoms with Crippen LogP contribution in [0.1, 0.15) is 44.2 Å². The van der Waals surface area contributed by atoms with Gasteiger partial charge in [0.25, 0.3) is 0 Å². The molecule has 7 nitrogen and oxygen atoms in total. The number of likely N-dealkylation sites (tertiary alicyclic amines) is 1. The Bertz CT molecular complexity index is 1020. The van der Waals surface area contributed by atoms with Gasteiger partial charge in [-0.15, -0.1) is 0 Å². The van der Waals surface area contributed by atoms with Crippen molar-refractivity contribution in [3.05, 3.63) is 59.7 Å². The fraction of sp³-hybridized carbons (Fsp3) is 0.423. The topological polar surface area (TPSA) is 95.9 Å². The summed E-state index contributed by atoms with van der Waals surface area (Å²) in [7, 11) is 0. The molecule has 1 aliphatic carbocycles. The highest BCUT2D eigenvalue weighted by molar-refractivity contribution is 5.87. The van der Waals surface area contributed by atoms with E-state index in [0.29, 0.717) is 13.0 Å². The summed E-state index contributed by atoms with van der Waals surface area (Å²) in [6.07, 6.45) is -0.233. The smallest absolute Gasteiger partial charge is 0.407 e. The molecule has 2 N–H and O–H groups in total. The third-order valence-electron chi connectivity index (χ3n) is 6.90. The fourth-order valence-corrected chi connectivity index (χ4v) is 5.04. The molecular formula is C26H30N2O5. The van der Waals surface area contributed by atoms with Crippen LogP contribution in [0.15, 0.2) is 48.5 Å². The molecule has 2 aromatic carbocycles. The van der Waals surface area contributed by atoms with Gasteiger partial charge >= 0.3 is 12.1 Å². The van der Waals surface area contributed by atoms with Crippen LogP contribution in [0.25, 0.3) is 11.1 Å². The average Bonchev–Trinajstić information content (AvgIpc) is 3.33. The van der Waals surface area contributed by atoms with Crippen LogP contribution in [0.4, 0.5) is 4.79 Å². The lowest BCUT2D eigenvalue weighted by atomic mass is 9.98. The lowest BCUT2D eigenvalue weighted by Crippen LogP contribution is -2.53. The standard InChI is InChI=1S/C26H30N2O5/c1-15(2)23(24(29)28-13-12-17(16(28)3)25(30)31)27-26(32)33-14-22-20-10-6-4-8-18(20)19-9-5-7-11-21(19)22/h4-11,15-17,22-23H,12-14H2,1-3H3,(H,27,32)(H,30,31)/t16?,17?,23-/m0/s1. The molecule has 2 unspecified atom stereocenters. The van der Waals surface area contributed by atoms with Crippen molar-refractivity contribution in [1.29, 1.82) is 0 Å². The number of aliphatic carboxylic acids is 1. The lowest BCUT2D eigenvalue weighted by Gasteiger charge is -2.30. The first-order valence-electron chi connectivity index (χ1n) is 11.4. The van der Waals surface area contributed by atoms with Crippen LogP contribution in [0, 0.1) is 11.8 Å². The number of fused-ring (bicyclic) bond motifs is 3. The van der Waals surface area contributed by atoms with Crippen molar-refractivity contribution in [2.24, 2.45) is 11.8 Å². The zero-order valence-electron chi connectivity index (χ0n) is 19.2. The first-order valence-corrected chi connectivity index (χ1v) is 11.4. The second-order valence-electron chi connectivity index (χ2n) is 9.20. The number of carbonyl (C=O) groups is 3. The van der Waals surface area contributed by atoms with Gasteiger partial charge in [0, 0.05) is 18.5 Å². The van der Waals surface area contributed by atoms with Gasteiger partial charge in [-0.3, -0.25) is 9.59 Å². The van der Waals surface area contributed by atoms with Crippen molar-refractivity contribution in [1.82, 2.24) is 10.2 Å². The molecule has 1 fully saturated rings. The summed E-state index contributed by atoms with van der Waals surface area (Å²) in [4.78, 5) is 38.8. The summed E-state index contributed by atoms with van der Waals surface area (Å²) < 4.78 is 5.60. The number of alkyl carbamates (subject to hydrolysis) is 1. The molecule has 33 heavy (non-hydrogen) atoms. The van der Waals surface area contributed by atoms with Crippen molar-refractivity contribution in [2.75, 3.05) is 13.2 Å². The van der Waals surface area contributed by atoms with Crippen LogP contribution in [0.3, 0.4) is 0 Å². The van der Waals surface area contributed by atoms with E-state index in [1.165, 1.54) is 0 Å². The van der Waals surface area contributed by atoms with Gasteiger partial charge in [0.1, 0.15) is 12.6 Å². The van der Waals surface area contributed by atoms with Crippen molar-refractivity contribution in [2.45, 2.75) is 45.2 Å². The highest BCUT2D eigenvalue weighted by Crippen LogP contribution is 2.44. The molecule has 2 amide bonds. The van der Waals surface area contributed by atoms with Gasteiger partial charge in [-0.25, -0.2) is 4.79 Å². The van der Waals surface area contributed by atoms with Crippen molar-refractivity contribution in [3.8, 4) is 11.1 Å². The number of nitrogens with zero attached hydrogens (tertiary/aromatic N) is 1. The summed E-state index contributed by atoms with van der Waals surface area (Å²) in [5.74, 6) is -1.99. The van der Waals surface area contributed by atoms with E-state index in [9.17, 15) is 19.5 Å². The molecule has 2 aliphatic rings. The Kier molecular flexibility index (Phi) is 6.40. The maximum absolute atomic E-state index is 13.2. The average molecular weight is 451 g/mol. The van der Waals surface area contributed by atoms with Crippen LogP contribution in [0.2, 0.25) is 0 Å². The molecule has 1 aliphatic heterocycles. The number of nitrogens with one attached hydrogen (secondary N) is 1. The number of carboxylic acids is 1. The minimum absolute atomic E-state index is 0.0636. The molecule has 3 atom stereocenters.